The van der Waals surface area contributed by atoms with Crippen molar-refractivity contribution in [2.75, 3.05) is 19.6 Å². The summed E-state index contributed by atoms with van der Waals surface area (Å²) < 4.78 is 0. The Kier molecular flexibility index (Phi) is 4.22. The Morgan fingerprint density at radius 2 is 2.46 bits per heavy atom. The second-order valence-electron chi connectivity index (χ2n) is 3.48. The van der Waals surface area contributed by atoms with Crippen molar-refractivity contribution in [2.45, 2.75) is 26.7 Å². The van der Waals surface area contributed by atoms with Gasteiger partial charge in [0.2, 0.25) is 0 Å². The van der Waals surface area contributed by atoms with Gasteiger partial charge in [-0.2, -0.15) is 0 Å². The maximum Gasteiger partial charge on any atom is 0.169 e. The number of nitrogens with one attached hydrogen (secondary N) is 1. The second-order valence-corrected chi connectivity index (χ2v) is 3.87. The van der Waals surface area contributed by atoms with Crippen LogP contribution < -0.4 is 5.32 Å². The third-order valence-electron chi connectivity index (χ3n) is 2.25. The molecule has 0 amide bonds. The van der Waals surface area contributed by atoms with E-state index < -0.39 is 0 Å². The van der Waals surface area contributed by atoms with Crippen molar-refractivity contribution in [3.8, 4) is 0 Å². The van der Waals surface area contributed by atoms with Gasteiger partial charge in [0, 0.05) is 19.6 Å². The molecular weight excluding hydrogens is 180 g/mol. The predicted molar refractivity (Wildman–Crippen MR) is 60.8 cm³/mol. The Morgan fingerprint density at radius 3 is 3.00 bits per heavy atom. The van der Waals surface area contributed by atoms with E-state index in [1.165, 1.54) is 5.57 Å². The first-order valence-corrected chi connectivity index (χ1v) is 5.33. The lowest BCUT2D eigenvalue weighted by molar-refractivity contribution is 0.437. The molecule has 0 saturated carbocycles. The summed E-state index contributed by atoms with van der Waals surface area (Å²) in [6, 6.07) is 0. The highest BCUT2D eigenvalue weighted by atomic mass is 32.1. The monoisotopic (exact) mass is 198 g/mol. The molecule has 1 N–H and O–H groups in total. The predicted octanol–water partition coefficient (Wildman–Crippen LogP) is 1.92. The minimum absolute atomic E-state index is 0.908. The van der Waals surface area contributed by atoms with E-state index >= 15 is 0 Å². The Hall–Kier alpha value is -0.570. The lowest BCUT2D eigenvalue weighted by atomic mass is 10.1. The van der Waals surface area contributed by atoms with Crippen LogP contribution in [-0.2, 0) is 0 Å². The highest BCUT2D eigenvalue weighted by molar-refractivity contribution is 7.80. The van der Waals surface area contributed by atoms with Crippen LogP contribution in [0.4, 0.5) is 0 Å². The molecule has 0 unspecified atom stereocenters. The molecule has 0 atom stereocenters. The van der Waals surface area contributed by atoms with E-state index in [0.29, 0.717) is 0 Å². The Bertz CT molecular complexity index is 211. The molecule has 1 rings (SSSR count). The van der Waals surface area contributed by atoms with Crippen molar-refractivity contribution in [3.63, 3.8) is 0 Å². The van der Waals surface area contributed by atoms with Gasteiger partial charge in [-0.1, -0.05) is 18.6 Å². The Labute approximate surface area is 86.0 Å². The standard InChI is InChI=1S/C10H18N2S/c1-3-6-11-10(13)12-7-4-9(2)5-8-12/h4H,3,5-8H2,1-2H3,(H,11,13). The zero-order valence-corrected chi connectivity index (χ0v) is 9.28. The number of hydrogen-bond donors (Lipinski definition) is 1. The van der Waals surface area contributed by atoms with Crippen LogP contribution in [0.15, 0.2) is 11.6 Å². The number of thiocarbonyl (C=S) groups is 1. The summed E-state index contributed by atoms with van der Waals surface area (Å²) in [5.41, 5.74) is 1.48. The van der Waals surface area contributed by atoms with E-state index in [9.17, 15) is 0 Å². The molecule has 0 fully saturated rings. The molecular formula is C10H18N2S. The third kappa shape index (κ3) is 3.35. The van der Waals surface area contributed by atoms with Crippen LogP contribution in [0.1, 0.15) is 26.7 Å². The van der Waals surface area contributed by atoms with E-state index in [0.717, 1.165) is 37.6 Å². The van der Waals surface area contributed by atoms with Crippen LogP contribution in [0.5, 0.6) is 0 Å². The van der Waals surface area contributed by atoms with Crippen LogP contribution in [0.25, 0.3) is 0 Å². The summed E-state index contributed by atoms with van der Waals surface area (Å²) in [7, 11) is 0. The van der Waals surface area contributed by atoms with Crippen molar-refractivity contribution in [1.29, 1.82) is 0 Å². The topological polar surface area (TPSA) is 15.3 Å². The lowest BCUT2D eigenvalue weighted by Gasteiger charge is -2.28. The Morgan fingerprint density at radius 1 is 1.69 bits per heavy atom. The van der Waals surface area contributed by atoms with Crippen molar-refractivity contribution >= 4 is 17.3 Å². The van der Waals surface area contributed by atoms with E-state index in [1.54, 1.807) is 0 Å². The minimum Gasteiger partial charge on any atom is -0.363 e. The summed E-state index contributed by atoms with van der Waals surface area (Å²) >= 11 is 5.26. The molecule has 0 spiro atoms. The largest absolute Gasteiger partial charge is 0.363 e. The van der Waals surface area contributed by atoms with Gasteiger partial charge in [-0.15, -0.1) is 0 Å². The first-order chi connectivity index (χ1) is 6.24. The molecule has 1 heterocycles. The quantitative estimate of drug-likeness (QED) is 0.539. The summed E-state index contributed by atoms with van der Waals surface area (Å²) in [6.07, 6.45) is 4.53. The van der Waals surface area contributed by atoms with Gasteiger partial charge in [0.15, 0.2) is 5.11 Å². The molecule has 2 nitrogen and oxygen atoms in total. The number of rotatable bonds is 2. The summed E-state index contributed by atoms with van der Waals surface area (Å²) in [5, 5.41) is 4.15. The molecule has 0 bridgehead atoms. The molecule has 1 aliphatic rings. The molecule has 74 valence electrons. The van der Waals surface area contributed by atoms with E-state index in [4.69, 9.17) is 12.2 Å². The van der Waals surface area contributed by atoms with Crippen LogP contribution in [0, 0.1) is 0 Å². The van der Waals surface area contributed by atoms with Crippen LogP contribution in [0.3, 0.4) is 0 Å². The first-order valence-electron chi connectivity index (χ1n) is 4.92. The van der Waals surface area contributed by atoms with Gasteiger partial charge in [0.1, 0.15) is 0 Å². The molecule has 0 radical (unpaired) electrons. The van der Waals surface area contributed by atoms with Crippen LogP contribution >= 0.6 is 12.2 Å². The van der Waals surface area contributed by atoms with Gasteiger partial charge >= 0.3 is 0 Å². The molecule has 1 aliphatic heterocycles. The summed E-state index contributed by atoms with van der Waals surface area (Å²) in [4.78, 5) is 2.22. The maximum absolute atomic E-state index is 5.26. The molecule has 0 saturated heterocycles. The summed E-state index contributed by atoms with van der Waals surface area (Å²) in [6.45, 7) is 7.35. The van der Waals surface area contributed by atoms with E-state index in [2.05, 4.69) is 30.1 Å². The maximum atomic E-state index is 5.26. The van der Waals surface area contributed by atoms with Crippen molar-refractivity contribution in [2.24, 2.45) is 0 Å². The lowest BCUT2D eigenvalue weighted by Crippen LogP contribution is -2.42. The van der Waals surface area contributed by atoms with Gasteiger partial charge in [-0.05, 0) is 32.0 Å². The highest BCUT2D eigenvalue weighted by Crippen LogP contribution is 2.09. The van der Waals surface area contributed by atoms with Gasteiger partial charge in [0.05, 0.1) is 0 Å². The fourth-order valence-electron chi connectivity index (χ4n) is 1.30. The first kappa shape index (κ1) is 10.5. The highest BCUT2D eigenvalue weighted by Gasteiger charge is 2.11. The normalized spacial score (nSPS) is 16.8. The SMILES string of the molecule is CCCNC(=S)N1CC=C(C)CC1. The van der Waals surface area contributed by atoms with Crippen LogP contribution in [-0.4, -0.2) is 29.6 Å². The summed E-state index contributed by atoms with van der Waals surface area (Å²) in [5.74, 6) is 0. The molecule has 0 aliphatic carbocycles. The van der Waals surface area contributed by atoms with Gasteiger partial charge < -0.3 is 10.2 Å². The average molecular weight is 198 g/mol. The zero-order chi connectivity index (χ0) is 9.68. The van der Waals surface area contributed by atoms with Gasteiger partial charge in [0.25, 0.3) is 0 Å². The van der Waals surface area contributed by atoms with E-state index in [1.807, 2.05) is 0 Å². The van der Waals surface area contributed by atoms with Crippen molar-refractivity contribution < 1.29 is 0 Å². The van der Waals surface area contributed by atoms with Gasteiger partial charge in [-0.3, -0.25) is 0 Å². The Balaban J connectivity index is 2.32. The fraction of sp³-hybridized carbons (Fsp3) is 0.700. The number of nitrogens with zero attached hydrogens (tertiary/aromatic N) is 1. The van der Waals surface area contributed by atoms with Crippen molar-refractivity contribution in [1.82, 2.24) is 10.2 Å². The smallest absolute Gasteiger partial charge is 0.169 e. The molecule has 0 aromatic rings. The number of hydrogen-bond acceptors (Lipinski definition) is 1. The molecule has 3 heteroatoms. The molecule has 0 aromatic carbocycles. The zero-order valence-electron chi connectivity index (χ0n) is 8.47. The molecule has 13 heavy (non-hydrogen) atoms. The van der Waals surface area contributed by atoms with Gasteiger partial charge in [-0.25, -0.2) is 0 Å². The average Bonchev–Trinajstić information content (AvgIpc) is 2.15. The fourth-order valence-corrected chi connectivity index (χ4v) is 1.57. The van der Waals surface area contributed by atoms with E-state index in [-0.39, 0.29) is 0 Å². The third-order valence-corrected chi connectivity index (χ3v) is 2.65. The minimum atomic E-state index is 0.908. The van der Waals surface area contributed by atoms with Crippen LogP contribution in [0.2, 0.25) is 0 Å². The second kappa shape index (κ2) is 5.22. The van der Waals surface area contributed by atoms with Crippen molar-refractivity contribution in [3.05, 3.63) is 11.6 Å². The molecule has 0 aromatic heterocycles.